The molecule has 2 rings (SSSR count). The van der Waals surface area contributed by atoms with E-state index in [2.05, 4.69) is 5.32 Å². The van der Waals surface area contributed by atoms with Gasteiger partial charge in [0.1, 0.15) is 11.6 Å². The Bertz CT molecular complexity index is 465. The van der Waals surface area contributed by atoms with E-state index in [4.69, 9.17) is 10.1 Å². The molecule has 2 N–H and O–H groups in total. The maximum absolute atomic E-state index is 11.8. The number of nitrogens with one attached hydrogen (secondary N) is 2. The first-order chi connectivity index (χ1) is 7.95. The van der Waals surface area contributed by atoms with Gasteiger partial charge in [-0.3, -0.25) is 5.41 Å². The number of carbonyl (C=O) groups excluding carboxylic acids is 1. The van der Waals surface area contributed by atoms with Crippen molar-refractivity contribution in [3.8, 4) is 5.75 Å². The molecule has 5 nitrogen and oxygen atoms in total. The lowest BCUT2D eigenvalue weighted by atomic mass is 10.1. The standard InChI is InChI=1S/C12H15N3O2/c1-12(2)10(13)15(11(16)14-12)8-4-6-9(17-3)7-5-8/h4-7,13H,1-3H3,(H,14,16). The van der Waals surface area contributed by atoms with Gasteiger partial charge in [-0.05, 0) is 38.1 Å². The molecule has 0 unspecified atom stereocenters. The van der Waals surface area contributed by atoms with Crippen LogP contribution in [-0.4, -0.2) is 24.5 Å². The van der Waals surface area contributed by atoms with Crippen LogP contribution in [0.25, 0.3) is 0 Å². The van der Waals surface area contributed by atoms with Crippen LogP contribution in [0, 0.1) is 5.41 Å². The van der Waals surface area contributed by atoms with E-state index in [1.807, 2.05) is 0 Å². The van der Waals surface area contributed by atoms with Crippen LogP contribution >= 0.6 is 0 Å². The van der Waals surface area contributed by atoms with Gasteiger partial charge in [-0.1, -0.05) is 0 Å². The van der Waals surface area contributed by atoms with Gasteiger partial charge in [0.05, 0.1) is 18.3 Å². The van der Waals surface area contributed by atoms with E-state index in [0.717, 1.165) is 5.75 Å². The Balaban J connectivity index is 2.34. The van der Waals surface area contributed by atoms with E-state index < -0.39 is 5.54 Å². The molecule has 17 heavy (non-hydrogen) atoms. The van der Waals surface area contributed by atoms with Crippen molar-refractivity contribution in [2.24, 2.45) is 0 Å². The summed E-state index contributed by atoms with van der Waals surface area (Å²) in [6, 6.07) is 6.77. The molecule has 0 atom stereocenters. The maximum Gasteiger partial charge on any atom is 0.328 e. The van der Waals surface area contributed by atoms with E-state index >= 15 is 0 Å². The number of carbonyl (C=O) groups is 1. The van der Waals surface area contributed by atoms with Gasteiger partial charge < -0.3 is 10.1 Å². The first-order valence-corrected chi connectivity index (χ1v) is 5.31. The van der Waals surface area contributed by atoms with Gasteiger partial charge in [0, 0.05) is 0 Å². The van der Waals surface area contributed by atoms with Gasteiger partial charge in [-0.15, -0.1) is 0 Å². The van der Waals surface area contributed by atoms with Crippen LogP contribution in [0.3, 0.4) is 0 Å². The lowest BCUT2D eigenvalue weighted by Gasteiger charge is -2.19. The highest BCUT2D eigenvalue weighted by Crippen LogP contribution is 2.26. The van der Waals surface area contributed by atoms with Gasteiger partial charge >= 0.3 is 6.03 Å². The number of urea groups is 1. The largest absolute Gasteiger partial charge is 0.497 e. The monoisotopic (exact) mass is 233 g/mol. The number of amidine groups is 1. The third-order valence-electron chi connectivity index (χ3n) is 2.77. The SMILES string of the molecule is COc1ccc(N2C(=N)C(C)(C)NC2=O)cc1. The third-order valence-corrected chi connectivity index (χ3v) is 2.77. The van der Waals surface area contributed by atoms with Crippen molar-refractivity contribution in [1.29, 1.82) is 5.41 Å². The molecule has 1 saturated heterocycles. The Kier molecular flexibility index (Phi) is 2.53. The topological polar surface area (TPSA) is 65.4 Å². The van der Waals surface area contributed by atoms with Crippen LogP contribution < -0.4 is 15.0 Å². The molecule has 1 heterocycles. The van der Waals surface area contributed by atoms with Crippen LogP contribution in [0.5, 0.6) is 5.75 Å². The summed E-state index contributed by atoms with van der Waals surface area (Å²) in [5.41, 5.74) is 0.0377. The van der Waals surface area contributed by atoms with Crippen molar-refractivity contribution in [2.45, 2.75) is 19.4 Å². The molecule has 90 valence electrons. The van der Waals surface area contributed by atoms with E-state index in [9.17, 15) is 4.79 Å². The molecule has 0 radical (unpaired) electrons. The minimum absolute atomic E-state index is 0.243. The average molecular weight is 233 g/mol. The zero-order chi connectivity index (χ0) is 12.6. The highest BCUT2D eigenvalue weighted by atomic mass is 16.5. The summed E-state index contributed by atoms with van der Waals surface area (Å²) in [5.74, 6) is 0.965. The second-order valence-electron chi connectivity index (χ2n) is 4.44. The smallest absolute Gasteiger partial charge is 0.328 e. The Morgan fingerprint density at radius 3 is 2.29 bits per heavy atom. The molecule has 1 aliphatic heterocycles. The highest BCUT2D eigenvalue weighted by Gasteiger charge is 2.41. The lowest BCUT2D eigenvalue weighted by molar-refractivity contribution is 0.249. The van der Waals surface area contributed by atoms with Gasteiger partial charge in [0.2, 0.25) is 0 Å². The summed E-state index contributed by atoms with van der Waals surface area (Å²) in [5, 5.41) is 10.7. The molecule has 0 saturated carbocycles. The van der Waals surface area contributed by atoms with Crippen molar-refractivity contribution >= 4 is 17.6 Å². The Hall–Kier alpha value is -2.04. The first-order valence-electron chi connectivity index (χ1n) is 5.31. The van der Waals surface area contributed by atoms with Crippen molar-refractivity contribution in [2.75, 3.05) is 12.0 Å². The summed E-state index contributed by atoms with van der Waals surface area (Å²) in [4.78, 5) is 13.2. The van der Waals surface area contributed by atoms with E-state index in [-0.39, 0.29) is 11.9 Å². The van der Waals surface area contributed by atoms with Crippen molar-refractivity contribution in [1.82, 2.24) is 5.32 Å². The van der Waals surface area contributed by atoms with Crippen LogP contribution in [0.4, 0.5) is 10.5 Å². The number of methoxy groups -OCH3 is 1. The number of hydrogen-bond acceptors (Lipinski definition) is 3. The molecule has 2 amide bonds. The molecule has 1 aromatic rings. The number of amides is 2. The van der Waals surface area contributed by atoms with Crippen LogP contribution in [0.2, 0.25) is 0 Å². The van der Waals surface area contributed by atoms with E-state index in [1.165, 1.54) is 4.90 Å². The Morgan fingerprint density at radius 2 is 1.88 bits per heavy atom. The first kappa shape index (κ1) is 11.4. The normalized spacial score (nSPS) is 18.2. The minimum atomic E-state index is -0.628. The fourth-order valence-electron chi connectivity index (χ4n) is 1.74. The number of ether oxygens (including phenoxy) is 1. The van der Waals surface area contributed by atoms with Crippen molar-refractivity contribution in [3.63, 3.8) is 0 Å². The predicted molar refractivity (Wildman–Crippen MR) is 65.8 cm³/mol. The summed E-state index contributed by atoms with van der Waals surface area (Å²) in [6.45, 7) is 3.60. The number of nitrogens with zero attached hydrogens (tertiary/aromatic N) is 1. The van der Waals surface area contributed by atoms with E-state index in [1.54, 1.807) is 45.2 Å². The molecular weight excluding hydrogens is 218 g/mol. The highest BCUT2D eigenvalue weighted by molar-refractivity contribution is 6.24. The van der Waals surface area contributed by atoms with Crippen molar-refractivity contribution < 1.29 is 9.53 Å². The second-order valence-corrected chi connectivity index (χ2v) is 4.44. The molecular formula is C12H15N3O2. The number of benzene rings is 1. The van der Waals surface area contributed by atoms with Gasteiger partial charge in [-0.2, -0.15) is 0 Å². The average Bonchev–Trinajstić information content (AvgIpc) is 2.49. The number of hydrogen-bond donors (Lipinski definition) is 2. The summed E-state index contributed by atoms with van der Waals surface area (Å²) >= 11 is 0. The zero-order valence-corrected chi connectivity index (χ0v) is 10.1. The molecule has 1 aromatic carbocycles. The molecule has 0 aromatic heterocycles. The molecule has 1 fully saturated rings. The zero-order valence-electron chi connectivity index (χ0n) is 10.1. The molecule has 5 heteroatoms. The van der Waals surface area contributed by atoms with Gasteiger partial charge in [0.25, 0.3) is 0 Å². The van der Waals surface area contributed by atoms with Gasteiger partial charge in [-0.25, -0.2) is 9.69 Å². The quantitative estimate of drug-likeness (QED) is 0.820. The van der Waals surface area contributed by atoms with Crippen LogP contribution in [0.15, 0.2) is 24.3 Å². The summed E-state index contributed by atoms with van der Waals surface area (Å²) in [7, 11) is 1.59. The fourth-order valence-corrected chi connectivity index (χ4v) is 1.74. The molecule has 0 bridgehead atoms. The Morgan fingerprint density at radius 1 is 1.29 bits per heavy atom. The summed E-state index contributed by atoms with van der Waals surface area (Å²) in [6.07, 6.45) is 0. The van der Waals surface area contributed by atoms with E-state index in [0.29, 0.717) is 5.69 Å². The van der Waals surface area contributed by atoms with Gasteiger partial charge in [0.15, 0.2) is 0 Å². The summed E-state index contributed by atoms with van der Waals surface area (Å²) < 4.78 is 5.05. The Labute approximate surface area is 99.9 Å². The molecule has 0 spiro atoms. The fraction of sp³-hybridized carbons (Fsp3) is 0.333. The van der Waals surface area contributed by atoms with Crippen LogP contribution in [0.1, 0.15) is 13.8 Å². The molecule has 1 aliphatic rings. The third kappa shape index (κ3) is 1.84. The lowest BCUT2D eigenvalue weighted by Crippen LogP contribution is -2.39. The predicted octanol–water partition coefficient (Wildman–Crippen LogP) is 1.98. The number of anilines is 1. The molecule has 0 aliphatic carbocycles. The van der Waals surface area contributed by atoms with Crippen molar-refractivity contribution in [3.05, 3.63) is 24.3 Å². The maximum atomic E-state index is 11.8. The minimum Gasteiger partial charge on any atom is -0.497 e. The second kappa shape index (κ2) is 3.76. The number of rotatable bonds is 2. The van der Waals surface area contributed by atoms with Crippen LogP contribution in [-0.2, 0) is 0 Å².